The molecule has 0 unspecified atom stereocenters. The third-order valence-electron chi connectivity index (χ3n) is 4.76. The first-order valence-electron chi connectivity index (χ1n) is 9.95. The zero-order valence-electron chi connectivity index (χ0n) is 17.5. The fourth-order valence-corrected chi connectivity index (χ4v) is 4.33. The number of anilines is 2. The number of rotatable bonds is 9. The minimum absolute atomic E-state index is 0.197. The normalized spacial score (nSPS) is 10.8. The quantitative estimate of drug-likeness (QED) is 0.303. The van der Waals surface area contributed by atoms with Crippen molar-refractivity contribution in [3.05, 3.63) is 36.4 Å². The van der Waals surface area contributed by atoms with Crippen molar-refractivity contribution in [1.82, 2.24) is 4.98 Å². The van der Waals surface area contributed by atoms with E-state index in [9.17, 15) is 4.79 Å². The number of urea groups is 1. The van der Waals surface area contributed by atoms with Gasteiger partial charge in [0.2, 0.25) is 0 Å². The van der Waals surface area contributed by atoms with Gasteiger partial charge in [0.1, 0.15) is 15.8 Å². The molecule has 160 valence electrons. The minimum Gasteiger partial charge on any atom is -0.497 e. The van der Waals surface area contributed by atoms with Gasteiger partial charge in [0.15, 0.2) is 0 Å². The van der Waals surface area contributed by atoms with Crippen molar-refractivity contribution < 1.29 is 14.3 Å². The van der Waals surface area contributed by atoms with Crippen molar-refractivity contribution in [2.24, 2.45) is 0 Å². The van der Waals surface area contributed by atoms with Crippen LogP contribution < -0.4 is 19.7 Å². The van der Waals surface area contributed by atoms with Crippen molar-refractivity contribution in [3.63, 3.8) is 0 Å². The summed E-state index contributed by atoms with van der Waals surface area (Å²) in [6.45, 7) is 2.80. The summed E-state index contributed by atoms with van der Waals surface area (Å²) in [4.78, 5) is 19.4. The molecule has 6 nitrogen and oxygen atoms in total. The molecule has 0 saturated carbocycles. The number of hydrogen-bond acceptors (Lipinski definition) is 6. The average molecular weight is 446 g/mol. The number of hydrogen-bond donors (Lipinski definition) is 2. The fourth-order valence-electron chi connectivity index (χ4n) is 3.18. The highest BCUT2D eigenvalue weighted by Gasteiger charge is 2.18. The molecular formula is C22H27N3O3S2. The van der Waals surface area contributed by atoms with Crippen LogP contribution in [0.3, 0.4) is 0 Å². The summed E-state index contributed by atoms with van der Waals surface area (Å²) in [5, 5.41) is 2.98. The van der Waals surface area contributed by atoms with Crippen LogP contribution in [-0.4, -0.2) is 31.8 Å². The van der Waals surface area contributed by atoms with Crippen LogP contribution in [0.4, 0.5) is 16.2 Å². The Morgan fingerprint density at radius 1 is 1.10 bits per heavy atom. The van der Waals surface area contributed by atoms with Gasteiger partial charge < -0.3 is 14.8 Å². The number of carbonyl (C=O) groups is 1. The Morgan fingerprint density at radius 2 is 1.83 bits per heavy atom. The van der Waals surface area contributed by atoms with Crippen LogP contribution >= 0.6 is 24.0 Å². The largest absolute Gasteiger partial charge is 0.497 e. The SMILES string of the molecule is CCCCCCN(C(=O)Nc1cc(OC)cc(OC)c1)c1ccc2nc(S)sc2c1. The number of nitrogens with zero attached hydrogens (tertiary/aromatic N) is 2. The number of carbonyl (C=O) groups excluding carboxylic acids is 1. The van der Waals surface area contributed by atoms with Crippen molar-refractivity contribution in [2.75, 3.05) is 31.0 Å². The van der Waals surface area contributed by atoms with Crippen LogP contribution in [0.5, 0.6) is 11.5 Å². The Bertz CT molecular complexity index is 984. The van der Waals surface area contributed by atoms with E-state index in [-0.39, 0.29) is 6.03 Å². The number of aromatic nitrogens is 1. The zero-order chi connectivity index (χ0) is 21.5. The Hall–Kier alpha value is -2.45. The van der Waals surface area contributed by atoms with Crippen LogP contribution in [0.25, 0.3) is 10.2 Å². The molecule has 0 aliphatic heterocycles. The third kappa shape index (κ3) is 5.58. The smallest absolute Gasteiger partial charge is 0.326 e. The van der Waals surface area contributed by atoms with E-state index in [4.69, 9.17) is 9.47 Å². The monoisotopic (exact) mass is 445 g/mol. The van der Waals surface area contributed by atoms with E-state index in [1.54, 1.807) is 37.3 Å². The molecule has 0 bridgehead atoms. The Morgan fingerprint density at radius 3 is 2.50 bits per heavy atom. The minimum atomic E-state index is -0.197. The molecule has 30 heavy (non-hydrogen) atoms. The maximum Gasteiger partial charge on any atom is 0.326 e. The molecule has 3 aromatic rings. The zero-order valence-corrected chi connectivity index (χ0v) is 19.2. The second-order valence-electron chi connectivity index (χ2n) is 6.89. The molecule has 2 aromatic carbocycles. The van der Waals surface area contributed by atoms with Crippen LogP contribution in [0.15, 0.2) is 40.7 Å². The number of unbranched alkanes of at least 4 members (excludes halogenated alkanes) is 3. The van der Waals surface area contributed by atoms with E-state index in [2.05, 4.69) is 29.9 Å². The van der Waals surface area contributed by atoms with Crippen molar-refractivity contribution in [3.8, 4) is 11.5 Å². The number of benzene rings is 2. The van der Waals surface area contributed by atoms with E-state index in [1.165, 1.54) is 11.3 Å². The van der Waals surface area contributed by atoms with Crippen molar-refractivity contribution >= 4 is 51.6 Å². The van der Waals surface area contributed by atoms with E-state index < -0.39 is 0 Å². The Kier molecular flexibility index (Phi) is 7.81. The summed E-state index contributed by atoms with van der Waals surface area (Å²) >= 11 is 5.85. The van der Waals surface area contributed by atoms with Gasteiger partial charge in [-0.15, -0.1) is 24.0 Å². The predicted octanol–water partition coefficient (Wildman–Crippen LogP) is 6.22. The average Bonchev–Trinajstić information content (AvgIpc) is 3.12. The molecule has 1 N–H and O–H groups in total. The highest BCUT2D eigenvalue weighted by Crippen LogP contribution is 2.30. The third-order valence-corrected chi connectivity index (χ3v) is 5.95. The fraction of sp³-hybridized carbons (Fsp3) is 0.364. The highest BCUT2D eigenvalue weighted by molar-refractivity contribution is 7.82. The number of nitrogens with one attached hydrogen (secondary N) is 1. The molecule has 0 saturated heterocycles. The van der Waals surface area contributed by atoms with E-state index in [0.717, 1.165) is 41.6 Å². The standard InChI is InChI=1S/C22H27N3O3S2/c1-4-5-6-7-10-25(16-8-9-19-20(13-16)30-22(29)24-19)21(26)23-15-11-17(27-2)14-18(12-15)28-3/h8-9,11-14H,4-7,10H2,1-3H3,(H,23,26)(H,24,29). The summed E-state index contributed by atoms with van der Waals surface area (Å²) in [5.41, 5.74) is 2.34. The van der Waals surface area contributed by atoms with Gasteiger partial charge in [-0.25, -0.2) is 9.78 Å². The molecule has 3 rings (SSSR count). The molecule has 0 fully saturated rings. The lowest BCUT2D eigenvalue weighted by atomic mass is 10.2. The van der Waals surface area contributed by atoms with Crippen LogP contribution in [-0.2, 0) is 0 Å². The number of amides is 2. The van der Waals surface area contributed by atoms with E-state index in [0.29, 0.717) is 28.1 Å². The van der Waals surface area contributed by atoms with Gasteiger partial charge in [0, 0.05) is 36.1 Å². The Labute approximate surface area is 186 Å². The van der Waals surface area contributed by atoms with E-state index in [1.807, 2.05) is 18.2 Å². The van der Waals surface area contributed by atoms with Crippen molar-refractivity contribution in [1.29, 1.82) is 0 Å². The molecular weight excluding hydrogens is 418 g/mol. The van der Waals surface area contributed by atoms with Crippen LogP contribution in [0.2, 0.25) is 0 Å². The molecule has 1 aromatic heterocycles. The van der Waals surface area contributed by atoms with Crippen molar-refractivity contribution in [2.45, 2.75) is 36.9 Å². The molecule has 0 aliphatic carbocycles. The number of methoxy groups -OCH3 is 2. The molecule has 1 heterocycles. The number of ether oxygens (including phenoxy) is 2. The second kappa shape index (κ2) is 10.5. The van der Waals surface area contributed by atoms with Gasteiger partial charge in [0.25, 0.3) is 0 Å². The molecule has 2 amide bonds. The first-order chi connectivity index (χ1) is 14.5. The number of thiol groups is 1. The molecule has 8 heteroatoms. The summed E-state index contributed by atoms with van der Waals surface area (Å²) in [6, 6.07) is 11.0. The molecule has 0 radical (unpaired) electrons. The summed E-state index contributed by atoms with van der Waals surface area (Å²) in [5.74, 6) is 1.23. The number of fused-ring (bicyclic) bond motifs is 1. The maximum absolute atomic E-state index is 13.2. The highest BCUT2D eigenvalue weighted by atomic mass is 32.2. The predicted molar refractivity (Wildman–Crippen MR) is 127 cm³/mol. The van der Waals surface area contributed by atoms with Gasteiger partial charge in [-0.05, 0) is 24.6 Å². The molecule has 0 atom stereocenters. The molecule has 0 spiro atoms. The van der Waals surface area contributed by atoms with Crippen LogP contribution in [0.1, 0.15) is 32.6 Å². The first kappa shape index (κ1) is 22.2. The number of thiazole rings is 1. The topological polar surface area (TPSA) is 63.7 Å². The molecule has 0 aliphatic rings. The van der Waals surface area contributed by atoms with Crippen LogP contribution in [0, 0.1) is 0 Å². The van der Waals surface area contributed by atoms with Gasteiger partial charge >= 0.3 is 6.03 Å². The van der Waals surface area contributed by atoms with Gasteiger partial charge in [-0.3, -0.25) is 4.90 Å². The summed E-state index contributed by atoms with van der Waals surface area (Å²) < 4.78 is 12.3. The van der Waals surface area contributed by atoms with E-state index >= 15 is 0 Å². The first-order valence-corrected chi connectivity index (χ1v) is 11.2. The lowest BCUT2D eigenvalue weighted by Crippen LogP contribution is -2.35. The van der Waals surface area contributed by atoms with Gasteiger partial charge in [0.05, 0.1) is 24.4 Å². The Balaban J connectivity index is 1.85. The lowest BCUT2D eigenvalue weighted by molar-refractivity contribution is 0.256. The lowest BCUT2D eigenvalue weighted by Gasteiger charge is -2.23. The second-order valence-corrected chi connectivity index (χ2v) is 8.65. The van der Waals surface area contributed by atoms with Gasteiger partial charge in [-0.2, -0.15) is 0 Å². The maximum atomic E-state index is 13.2. The van der Waals surface area contributed by atoms with Gasteiger partial charge in [-0.1, -0.05) is 26.2 Å². The summed E-state index contributed by atoms with van der Waals surface area (Å²) in [6.07, 6.45) is 4.31. The summed E-state index contributed by atoms with van der Waals surface area (Å²) in [7, 11) is 3.17.